The normalized spacial score (nSPS) is 16.7. The van der Waals surface area contributed by atoms with Crippen molar-refractivity contribution in [2.24, 2.45) is 5.92 Å². The van der Waals surface area contributed by atoms with Crippen LogP contribution in [0.25, 0.3) is 0 Å². The highest BCUT2D eigenvalue weighted by Gasteiger charge is 2.15. The van der Waals surface area contributed by atoms with E-state index < -0.39 is 0 Å². The van der Waals surface area contributed by atoms with E-state index >= 15 is 0 Å². The maximum atomic E-state index is 6.05. The summed E-state index contributed by atoms with van der Waals surface area (Å²) in [4.78, 5) is 8.69. The first-order valence-electron chi connectivity index (χ1n) is 5.91. The second-order valence-corrected chi connectivity index (χ2v) is 4.92. The van der Waals surface area contributed by atoms with Crippen molar-refractivity contribution in [3.63, 3.8) is 0 Å². The lowest BCUT2D eigenvalue weighted by atomic mass is 10.1. The Morgan fingerprint density at radius 2 is 1.81 bits per heavy atom. The fourth-order valence-corrected chi connectivity index (χ4v) is 2.38. The van der Waals surface area contributed by atoms with Crippen LogP contribution in [0.1, 0.15) is 37.1 Å². The first kappa shape index (κ1) is 11.6. The zero-order chi connectivity index (χ0) is 11.5. The van der Waals surface area contributed by atoms with Crippen molar-refractivity contribution in [3.05, 3.63) is 16.5 Å². The minimum Gasteiger partial charge on any atom is -0.367 e. The molecule has 0 bridgehead atoms. The Morgan fingerprint density at radius 3 is 2.50 bits per heavy atom. The number of anilines is 1. The van der Waals surface area contributed by atoms with Crippen molar-refractivity contribution in [2.45, 2.75) is 39.5 Å². The van der Waals surface area contributed by atoms with Crippen LogP contribution in [0, 0.1) is 19.8 Å². The van der Waals surface area contributed by atoms with Crippen LogP contribution in [-0.2, 0) is 0 Å². The summed E-state index contributed by atoms with van der Waals surface area (Å²) in [6, 6.07) is 0. The van der Waals surface area contributed by atoms with Crippen LogP contribution in [0.15, 0.2) is 0 Å². The van der Waals surface area contributed by atoms with Crippen LogP contribution in [0.4, 0.5) is 5.82 Å². The van der Waals surface area contributed by atoms with E-state index in [9.17, 15) is 0 Å². The Hall–Kier alpha value is -0.830. The van der Waals surface area contributed by atoms with Crippen LogP contribution in [0.5, 0.6) is 0 Å². The van der Waals surface area contributed by atoms with Gasteiger partial charge in [-0.15, -0.1) is 0 Å². The minimum atomic E-state index is 0.487. The summed E-state index contributed by atoms with van der Waals surface area (Å²) in [5, 5.41) is 3.80. The van der Waals surface area contributed by atoms with Crippen LogP contribution < -0.4 is 5.32 Å². The third kappa shape index (κ3) is 2.64. The summed E-state index contributed by atoms with van der Waals surface area (Å²) < 4.78 is 0. The van der Waals surface area contributed by atoms with Crippen molar-refractivity contribution in [1.29, 1.82) is 0 Å². The molecule has 4 heteroatoms. The molecule has 1 aromatic heterocycles. The smallest absolute Gasteiger partial charge is 0.171 e. The molecule has 0 saturated heterocycles. The molecule has 1 aliphatic rings. The van der Waals surface area contributed by atoms with Gasteiger partial charge in [-0.2, -0.15) is 0 Å². The number of nitrogens with zero attached hydrogens (tertiary/aromatic N) is 2. The summed E-state index contributed by atoms with van der Waals surface area (Å²) in [6.45, 7) is 4.85. The van der Waals surface area contributed by atoms with Crippen LogP contribution in [0.3, 0.4) is 0 Å². The van der Waals surface area contributed by atoms with Crippen LogP contribution >= 0.6 is 11.6 Å². The zero-order valence-corrected chi connectivity index (χ0v) is 10.6. The topological polar surface area (TPSA) is 37.8 Å². The number of nitrogens with one attached hydrogen (secondary N) is 1. The predicted octanol–water partition coefficient (Wildman–Crippen LogP) is 3.35. The highest BCUT2D eigenvalue weighted by molar-refractivity contribution is 6.31. The number of aryl methyl sites for hydroxylation is 2. The number of halogens is 1. The van der Waals surface area contributed by atoms with Crippen LogP contribution in [0.2, 0.25) is 5.15 Å². The van der Waals surface area contributed by atoms with Gasteiger partial charge in [0.1, 0.15) is 0 Å². The lowest BCUT2D eigenvalue weighted by Gasteiger charge is -2.12. The third-order valence-electron chi connectivity index (χ3n) is 3.30. The van der Waals surface area contributed by atoms with E-state index in [1.54, 1.807) is 0 Å². The summed E-state index contributed by atoms with van der Waals surface area (Å²) >= 11 is 6.05. The Kier molecular flexibility index (Phi) is 3.64. The summed E-state index contributed by atoms with van der Waals surface area (Å²) in [5.74, 6) is 1.51. The van der Waals surface area contributed by atoms with Crippen molar-refractivity contribution in [1.82, 2.24) is 9.97 Å². The molecule has 0 radical (unpaired) electrons. The molecule has 1 saturated carbocycles. The Balaban J connectivity index is 2.00. The molecule has 1 fully saturated rings. The molecule has 16 heavy (non-hydrogen) atoms. The molecule has 0 aliphatic heterocycles. The second-order valence-electron chi connectivity index (χ2n) is 4.57. The van der Waals surface area contributed by atoms with E-state index in [-0.39, 0.29) is 0 Å². The van der Waals surface area contributed by atoms with Gasteiger partial charge in [-0.1, -0.05) is 24.4 Å². The van der Waals surface area contributed by atoms with Gasteiger partial charge in [0, 0.05) is 6.54 Å². The first-order valence-corrected chi connectivity index (χ1v) is 6.29. The quantitative estimate of drug-likeness (QED) is 0.879. The van der Waals surface area contributed by atoms with Crippen molar-refractivity contribution < 1.29 is 0 Å². The van der Waals surface area contributed by atoms with Crippen LogP contribution in [-0.4, -0.2) is 16.5 Å². The molecule has 0 aromatic carbocycles. The van der Waals surface area contributed by atoms with Gasteiger partial charge in [-0.3, -0.25) is 0 Å². The van der Waals surface area contributed by atoms with E-state index in [2.05, 4.69) is 15.3 Å². The highest BCUT2D eigenvalue weighted by atomic mass is 35.5. The lowest BCUT2D eigenvalue weighted by molar-refractivity contribution is 0.578. The SMILES string of the molecule is Cc1nc(Cl)c(NCC2CCCC2)nc1C. The molecule has 0 unspecified atom stereocenters. The predicted molar refractivity (Wildman–Crippen MR) is 67.0 cm³/mol. The maximum absolute atomic E-state index is 6.05. The lowest BCUT2D eigenvalue weighted by Crippen LogP contribution is -2.13. The van der Waals surface area contributed by atoms with Gasteiger partial charge in [0.15, 0.2) is 11.0 Å². The highest BCUT2D eigenvalue weighted by Crippen LogP contribution is 2.26. The molecular formula is C12H18ClN3. The van der Waals surface area contributed by atoms with Gasteiger partial charge in [-0.25, -0.2) is 9.97 Å². The number of hydrogen-bond donors (Lipinski definition) is 1. The minimum absolute atomic E-state index is 0.487. The molecule has 1 aromatic rings. The molecule has 1 N–H and O–H groups in total. The van der Waals surface area contributed by atoms with E-state index in [4.69, 9.17) is 11.6 Å². The average Bonchev–Trinajstić information content (AvgIpc) is 2.74. The van der Waals surface area contributed by atoms with Gasteiger partial charge in [0.05, 0.1) is 11.4 Å². The van der Waals surface area contributed by atoms with Crippen molar-refractivity contribution >= 4 is 17.4 Å². The number of hydrogen-bond acceptors (Lipinski definition) is 3. The van der Waals surface area contributed by atoms with Gasteiger partial charge in [0.2, 0.25) is 0 Å². The Bertz CT molecular complexity index is 373. The Morgan fingerprint density at radius 1 is 1.19 bits per heavy atom. The van der Waals surface area contributed by atoms with Gasteiger partial charge < -0.3 is 5.32 Å². The van der Waals surface area contributed by atoms with Gasteiger partial charge in [-0.05, 0) is 32.6 Å². The molecule has 0 amide bonds. The molecule has 3 nitrogen and oxygen atoms in total. The maximum Gasteiger partial charge on any atom is 0.171 e. The van der Waals surface area contributed by atoms with E-state index in [1.165, 1.54) is 25.7 Å². The van der Waals surface area contributed by atoms with Gasteiger partial charge >= 0.3 is 0 Å². The first-order chi connectivity index (χ1) is 7.66. The largest absolute Gasteiger partial charge is 0.367 e. The van der Waals surface area contributed by atoms with Gasteiger partial charge in [0.25, 0.3) is 0 Å². The fraction of sp³-hybridized carbons (Fsp3) is 0.667. The standard InChI is InChI=1S/C12H18ClN3/c1-8-9(2)16-12(11(13)15-8)14-7-10-5-3-4-6-10/h10H,3-7H2,1-2H3,(H,14,16). The number of aromatic nitrogens is 2. The molecule has 88 valence electrons. The zero-order valence-electron chi connectivity index (χ0n) is 9.89. The molecule has 0 spiro atoms. The molecule has 1 aliphatic carbocycles. The van der Waals surface area contributed by atoms with E-state index in [0.29, 0.717) is 5.15 Å². The summed E-state index contributed by atoms with van der Waals surface area (Å²) in [7, 11) is 0. The molecule has 0 atom stereocenters. The van der Waals surface area contributed by atoms with Crippen molar-refractivity contribution in [2.75, 3.05) is 11.9 Å². The summed E-state index contributed by atoms with van der Waals surface area (Å²) in [6.07, 6.45) is 5.36. The molecule has 1 heterocycles. The fourth-order valence-electron chi connectivity index (χ4n) is 2.14. The monoisotopic (exact) mass is 239 g/mol. The number of rotatable bonds is 3. The average molecular weight is 240 g/mol. The van der Waals surface area contributed by atoms with E-state index in [0.717, 1.165) is 29.7 Å². The Labute approximate surface area is 102 Å². The third-order valence-corrected chi connectivity index (χ3v) is 3.56. The van der Waals surface area contributed by atoms with E-state index in [1.807, 2.05) is 13.8 Å². The summed E-state index contributed by atoms with van der Waals surface area (Å²) in [5.41, 5.74) is 1.84. The molecule has 2 rings (SSSR count). The molecular weight excluding hydrogens is 222 g/mol. The second kappa shape index (κ2) is 5.00. The van der Waals surface area contributed by atoms with Crippen molar-refractivity contribution in [3.8, 4) is 0 Å².